The predicted octanol–water partition coefficient (Wildman–Crippen LogP) is 3.45. The normalized spacial score (nSPS) is 25.6. The molecule has 0 saturated carbocycles. The molecule has 148 valence electrons. The third-order valence-corrected chi connectivity index (χ3v) is 5.45. The van der Waals surface area contributed by atoms with Crippen LogP contribution in [-0.4, -0.2) is 48.5 Å². The number of ether oxygens (including phenoxy) is 2. The summed E-state index contributed by atoms with van der Waals surface area (Å²) in [7, 11) is 0. The Hall–Kier alpha value is -1.85. The van der Waals surface area contributed by atoms with E-state index in [9.17, 15) is 9.90 Å². The van der Waals surface area contributed by atoms with Crippen molar-refractivity contribution >= 4 is 5.91 Å². The van der Waals surface area contributed by atoms with Crippen LogP contribution in [0.4, 0.5) is 0 Å². The van der Waals surface area contributed by atoms with Gasteiger partial charge in [-0.2, -0.15) is 0 Å². The Morgan fingerprint density at radius 1 is 1.22 bits per heavy atom. The Morgan fingerprint density at radius 3 is 2.63 bits per heavy atom. The molecule has 1 aromatic rings. The molecule has 1 saturated heterocycles. The van der Waals surface area contributed by atoms with Crippen molar-refractivity contribution in [3.05, 3.63) is 47.7 Å². The zero-order valence-corrected chi connectivity index (χ0v) is 16.2. The minimum absolute atomic E-state index is 0.0269. The predicted molar refractivity (Wildman–Crippen MR) is 104 cm³/mol. The average Bonchev–Trinajstić information content (AvgIpc) is 2.73. The standard InChI is InChI=1S/C22H31NO4/c1-2-26-22-18(12-9-15-24)19(17-10-5-3-6-11-17)16-20(27-22)21(25)23-13-7-4-8-14-23/h3,5-6,10-11,16,18-19,22,24H,2,4,7-9,12-15H2,1H3/t18-,19-,22-/m1/s1. The van der Waals surface area contributed by atoms with Gasteiger partial charge in [-0.1, -0.05) is 30.3 Å². The van der Waals surface area contributed by atoms with Gasteiger partial charge in [0.05, 0.1) is 0 Å². The first-order chi connectivity index (χ1) is 13.2. The molecule has 2 aliphatic heterocycles. The summed E-state index contributed by atoms with van der Waals surface area (Å²) in [5.74, 6) is 0.481. The second-order valence-electron chi connectivity index (χ2n) is 7.29. The number of carbonyl (C=O) groups excluding carboxylic acids is 1. The van der Waals surface area contributed by atoms with Gasteiger partial charge in [0.25, 0.3) is 5.91 Å². The number of aliphatic hydroxyl groups is 1. The third-order valence-electron chi connectivity index (χ3n) is 5.45. The van der Waals surface area contributed by atoms with Gasteiger partial charge in [0, 0.05) is 38.1 Å². The Kier molecular flexibility index (Phi) is 7.30. The first kappa shape index (κ1) is 19.9. The highest BCUT2D eigenvalue weighted by Gasteiger charge is 2.38. The van der Waals surface area contributed by atoms with E-state index >= 15 is 0 Å². The highest BCUT2D eigenvalue weighted by atomic mass is 16.7. The number of amides is 1. The summed E-state index contributed by atoms with van der Waals surface area (Å²) < 4.78 is 12.0. The summed E-state index contributed by atoms with van der Waals surface area (Å²) >= 11 is 0. The molecule has 3 rings (SSSR count). The van der Waals surface area contributed by atoms with E-state index in [1.54, 1.807) is 0 Å². The molecule has 1 fully saturated rings. The van der Waals surface area contributed by atoms with Crippen molar-refractivity contribution in [1.82, 2.24) is 4.90 Å². The van der Waals surface area contributed by atoms with Gasteiger partial charge in [-0.3, -0.25) is 4.79 Å². The first-order valence-electron chi connectivity index (χ1n) is 10.2. The number of allylic oxidation sites excluding steroid dienone is 1. The third kappa shape index (κ3) is 4.90. The van der Waals surface area contributed by atoms with Crippen molar-refractivity contribution in [1.29, 1.82) is 0 Å². The van der Waals surface area contributed by atoms with E-state index in [2.05, 4.69) is 12.1 Å². The number of piperidine rings is 1. The zero-order valence-electron chi connectivity index (χ0n) is 16.2. The molecule has 2 heterocycles. The number of hydrogen-bond donors (Lipinski definition) is 1. The average molecular weight is 373 g/mol. The quantitative estimate of drug-likeness (QED) is 0.795. The molecule has 0 spiro atoms. The van der Waals surface area contributed by atoms with Crippen molar-refractivity contribution in [2.45, 2.75) is 51.2 Å². The lowest BCUT2D eigenvalue weighted by Gasteiger charge is -2.38. The van der Waals surface area contributed by atoms with Crippen LogP contribution in [0.2, 0.25) is 0 Å². The maximum absolute atomic E-state index is 13.0. The molecule has 27 heavy (non-hydrogen) atoms. The molecule has 2 aliphatic rings. The summed E-state index contributed by atoms with van der Waals surface area (Å²) in [5.41, 5.74) is 1.15. The molecular weight excluding hydrogens is 342 g/mol. The largest absolute Gasteiger partial charge is 0.459 e. The number of rotatable bonds is 7. The van der Waals surface area contributed by atoms with Gasteiger partial charge in [0.15, 0.2) is 5.76 Å². The first-order valence-corrected chi connectivity index (χ1v) is 10.2. The number of likely N-dealkylation sites (tertiary alicyclic amines) is 1. The number of hydrogen-bond acceptors (Lipinski definition) is 4. The number of carbonyl (C=O) groups is 1. The van der Waals surface area contributed by atoms with E-state index < -0.39 is 6.29 Å². The van der Waals surface area contributed by atoms with Crippen LogP contribution in [0.25, 0.3) is 0 Å². The second kappa shape index (κ2) is 9.90. The Balaban J connectivity index is 1.90. The van der Waals surface area contributed by atoms with E-state index in [0.717, 1.165) is 37.9 Å². The van der Waals surface area contributed by atoms with Crippen LogP contribution in [0, 0.1) is 5.92 Å². The molecule has 0 bridgehead atoms. The molecule has 0 aliphatic carbocycles. The van der Waals surface area contributed by atoms with Gasteiger partial charge in [0.1, 0.15) is 0 Å². The van der Waals surface area contributed by atoms with Crippen LogP contribution >= 0.6 is 0 Å². The van der Waals surface area contributed by atoms with Crippen molar-refractivity contribution in [2.24, 2.45) is 5.92 Å². The van der Waals surface area contributed by atoms with Crippen LogP contribution in [0.5, 0.6) is 0 Å². The molecule has 1 N–H and O–H groups in total. The minimum Gasteiger partial charge on any atom is -0.459 e. The molecular formula is C22H31NO4. The van der Waals surface area contributed by atoms with E-state index in [1.165, 1.54) is 6.42 Å². The molecule has 0 aromatic heterocycles. The molecule has 5 nitrogen and oxygen atoms in total. The highest BCUT2D eigenvalue weighted by molar-refractivity contribution is 5.91. The fourth-order valence-electron chi connectivity index (χ4n) is 4.07. The zero-order chi connectivity index (χ0) is 19.1. The molecule has 0 unspecified atom stereocenters. The van der Waals surface area contributed by atoms with Gasteiger partial charge < -0.3 is 19.5 Å². The lowest BCUT2D eigenvalue weighted by Crippen LogP contribution is -2.42. The van der Waals surface area contributed by atoms with Gasteiger partial charge in [-0.05, 0) is 50.7 Å². The molecule has 3 atom stereocenters. The van der Waals surface area contributed by atoms with Gasteiger partial charge in [-0.25, -0.2) is 0 Å². The van der Waals surface area contributed by atoms with Crippen LogP contribution in [0.1, 0.15) is 50.5 Å². The lowest BCUT2D eigenvalue weighted by molar-refractivity contribution is -0.170. The SMILES string of the molecule is CCO[C@@H]1OC(C(=O)N2CCCCC2)=C[C@H](c2ccccc2)[C@H]1CCCO. The van der Waals surface area contributed by atoms with Crippen LogP contribution in [0.3, 0.4) is 0 Å². The number of aliphatic hydroxyl groups excluding tert-OH is 1. The molecule has 5 heteroatoms. The smallest absolute Gasteiger partial charge is 0.288 e. The van der Waals surface area contributed by atoms with Crippen LogP contribution < -0.4 is 0 Å². The van der Waals surface area contributed by atoms with E-state index in [4.69, 9.17) is 9.47 Å². The monoisotopic (exact) mass is 373 g/mol. The fraction of sp³-hybridized carbons (Fsp3) is 0.591. The molecule has 1 aromatic carbocycles. The van der Waals surface area contributed by atoms with Crippen molar-refractivity contribution < 1.29 is 19.4 Å². The summed E-state index contributed by atoms with van der Waals surface area (Å²) in [4.78, 5) is 14.9. The number of benzene rings is 1. The van der Waals surface area contributed by atoms with E-state index in [1.807, 2.05) is 36.1 Å². The van der Waals surface area contributed by atoms with Crippen molar-refractivity contribution in [3.8, 4) is 0 Å². The minimum atomic E-state index is -0.472. The Bertz CT molecular complexity index is 624. The molecule has 1 amide bonds. The van der Waals surface area contributed by atoms with Gasteiger partial charge >= 0.3 is 0 Å². The Morgan fingerprint density at radius 2 is 1.96 bits per heavy atom. The maximum atomic E-state index is 13.0. The van der Waals surface area contributed by atoms with Crippen LogP contribution in [-0.2, 0) is 14.3 Å². The highest BCUT2D eigenvalue weighted by Crippen LogP contribution is 2.39. The van der Waals surface area contributed by atoms with Crippen LogP contribution in [0.15, 0.2) is 42.2 Å². The number of nitrogens with zero attached hydrogens (tertiary/aromatic N) is 1. The summed E-state index contributed by atoms with van der Waals surface area (Å²) in [6.45, 7) is 4.19. The summed E-state index contributed by atoms with van der Waals surface area (Å²) in [5, 5.41) is 9.32. The lowest BCUT2D eigenvalue weighted by atomic mass is 9.80. The topological polar surface area (TPSA) is 59.0 Å². The van der Waals surface area contributed by atoms with Gasteiger partial charge in [0.2, 0.25) is 6.29 Å². The van der Waals surface area contributed by atoms with Crippen molar-refractivity contribution in [3.63, 3.8) is 0 Å². The second-order valence-corrected chi connectivity index (χ2v) is 7.29. The summed E-state index contributed by atoms with van der Waals surface area (Å²) in [6, 6.07) is 10.2. The van der Waals surface area contributed by atoms with Gasteiger partial charge in [-0.15, -0.1) is 0 Å². The Labute approximate surface area is 162 Å². The fourth-order valence-corrected chi connectivity index (χ4v) is 4.07. The van der Waals surface area contributed by atoms with Crippen molar-refractivity contribution in [2.75, 3.05) is 26.3 Å². The van der Waals surface area contributed by atoms with E-state index in [-0.39, 0.29) is 24.3 Å². The van der Waals surface area contributed by atoms with E-state index in [0.29, 0.717) is 18.8 Å². The maximum Gasteiger partial charge on any atom is 0.288 e. The summed E-state index contributed by atoms with van der Waals surface area (Å²) in [6.07, 6.45) is 6.25. The molecule has 0 radical (unpaired) electrons.